The molecule has 0 amide bonds. The topological polar surface area (TPSA) is 60.9 Å². The van der Waals surface area contributed by atoms with Crippen LogP contribution in [0.2, 0.25) is 0 Å². The van der Waals surface area contributed by atoms with E-state index >= 15 is 0 Å². The quantitative estimate of drug-likeness (QED) is 0.779. The molecule has 1 rings (SSSR count). The van der Waals surface area contributed by atoms with Crippen molar-refractivity contribution in [2.24, 2.45) is 5.92 Å². The highest BCUT2D eigenvalue weighted by atomic mass is 32.2. The van der Waals surface area contributed by atoms with E-state index in [2.05, 4.69) is 6.92 Å². The van der Waals surface area contributed by atoms with Crippen molar-refractivity contribution in [1.82, 2.24) is 8.61 Å². The normalized spacial score (nSPS) is 22.6. The van der Waals surface area contributed by atoms with Crippen molar-refractivity contribution >= 4 is 10.2 Å². The maximum Gasteiger partial charge on any atom is 0.282 e. The molecular weight excluding hydrogens is 228 g/mol. The van der Waals surface area contributed by atoms with Crippen LogP contribution in [0.3, 0.4) is 0 Å². The fourth-order valence-corrected chi connectivity index (χ4v) is 3.30. The number of rotatable bonds is 4. The van der Waals surface area contributed by atoms with E-state index in [4.69, 9.17) is 5.11 Å². The highest BCUT2D eigenvalue weighted by Crippen LogP contribution is 2.20. The minimum absolute atomic E-state index is 0.153. The van der Waals surface area contributed by atoms with E-state index in [0.29, 0.717) is 19.0 Å². The Morgan fingerprint density at radius 2 is 1.94 bits per heavy atom. The van der Waals surface area contributed by atoms with Gasteiger partial charge in [0.05, 0.1) is 6.61 Å². The predicted molar refractivity (Wildman–Crippen MR) is 63.2 cm³/mol. The van der Waals surface area contributed by atoms with Crippen molar-refractivity contribution in [3.8, 4) is 0 Å². The van der Waals surface area contributed by atoms with Crippen LogP contribution in [0, 0.1) is 5.92 Å². The van der Waals surface area contributed by atoms with Gasteiger partial charge in [-0.15, -0.1) is 0 Å². The second-order valence-corrected chi connectivity index (χ2v) is 6.63. The molecule has 0 spiro atoms. The van der Waals surface area contributed by atoms with E-state index < -0.39 is 10.2 Å². The zero-order valence-corrected chi connectivity index (χ0v) is 11.1. The highest BCUT2D eigenvalue weighted by Gasteiger charge is 2.31. The van der Waals surface area contributed by atoms with Crippen molar-refractivity contribution in [2.75, 3.05) is 26.7 Å². The smallest absolute Gasteiger partial charge is 0.282 e. The molecule has 1 aliphatic rings. The van der Waals surface area contributed by atoms with Crippen LogP contribution in [0.25, 0.3) is 0 Å². The Hall–Kier alpha value is -0.170. The van der Waals surface area contributed by atoms with Crippen LogP contribution in [0.1, 0.15) is 26.7 Å². The first-order chi connectivity index (χ1) is 7.39. The molecule has 1 unspecified atom stereocenters. The van der Waals surface area contributed by atoms with E-state index in [9.17, 15) is 8.42 Å². The molecule has 0 saturated carbocycles. The zero-order valence-electron chi connectivity index (χ0n) is 10.3. The SMILES string of the molecule is CC1CCN(S(=O)(=O)N(C)C(C)CO)CC1. The zero-order chi connectivity index (χ0) is 12.3. The molecular formula is C10H22N2O3S. The Labute approximate surface area is 98.2 Å². The summed E-state index contributed by atoms with van der Waals surface area (Å²) >= 11 is 0. The minimum atomic E-state index is -3.39. The molecule has 6 heteroatoms. The summed E-state index contributed by atoms with van der Waals surface area (Å²) in [5, 5.41) is 8.98. The Balaban J connectivity index is 2.70. The third kappa shape index (κ3) is 2.94. The average Bonchev–Trinajstić information content (AvgIpc) is 2.27. The van der Waals surface area contributed by atoms with Gasteiger partial charge in [-0.1, -0.05) is 6.92 Å². The fourth-order valence-electron chi connectivity index (χ4n) is 1.74. The largest absolute Gasteiger partial charge is 0.395 e. The first-order valence-electron chi connectivity index (χ1n) is 5.73. The summed E-state index contributed by atoms with van der Waals surface area (Å²) in [4.78, 5) is 0. The second kappa shape index (κ2) is 5.44. The van der Waals surface area contributed by atoms with Gasteiger partial charge in [-0.2, -0.15) is 17.0 Å². The number of hydrogen-bond donors (Lipinski definition) is 1. The van der Waals surface area contributed by atoms with Crippen LogP contribution in [-0.4, -0.2) is 54.9 Å². The number of piperidine rings is 1. The Morgan fingerprint density at radius 1 is 1.44 bits per heavy atom. The van der Waals surface area contributed by atoms with Crippen LogP contribution >= 0.6 is 0 Å². The van der Waals surface area contributed by atoms with Gasteiger partial charge in [0.25, 0.3) is 10.2 Å². The maximum atomic E-state index is 12.1. The molecule has 16 heavy (non-hydrogen) atoms. The van der Waals surface area contributed by atoms with Crippen molar-refractivity contribution in [3.05, 3.63) is 0 Å². The molecule has 0 aliphatic carbocycles. The molecule has 0 bridgehead atoms. The summed E-state index contributed by atoms with van der Waals surface area (Å²) in [7, 11) is -1.87. The fraction of sp³-hybridized carbons (Fsp3) is 1.00. The van der Waals surface area contributed by atoms with Crippen molar-refractivity contribution in [1.29, 1.82) is 0 Å². The Morgan fingerprint density at radius 3 is 2.38 bits per heavy atom. The van der Waals surface area contributed by atoms with E-state index in [-0.39, 0.29) is 12.6 Å². The average molecular weight is 250 g/mol. The molecule has 0 aromatic heterocycles. The molecule has 96 valence electrons. The maximum absolute atomic E-state index is 12.1. The van der Waals surface area contributed by atoms with Gasteiger partial charge in [0, 0.05) is 26.2 Å². The van der Waals surface area contributed by atoms with Crippen molar-refractivity contribution in [3.63, 3.8) is 0 Å². The van der Waals surface area contributed by atoms with Gasteiger partial charge in [-0.05, 0) is 25.7 Å². The van der Waals surface area contributed by atoms with Gasteiger partial charge in [-0.3, -0.25) is 0 Å². The summed E-state index contributed by atoms with van der Waals surface area (Å²) in [6.07, 6.45) is 1.83. The van der Waals surface area contributed by atoms with E-state index in [0.717, 1.165) is 12.8 Å². The summed E-state index contributed by atoms with van der Waals surface area (Å²) < 4.78 is 27.0. The van der Waals surface area contributed by atoms with Gasteiger partial charge in [-0.25, -0.2) is 0 Å². The summed E-state index contributed by atoms with van der Waals surface area (Å²) in [5.41, 5.74) is 0. The summed E-state index contributed by atoms with van der Waals surface area (Å²) in [6.45, 7) is 4.87. The number of likely N-dealkylation sites (N-methyl/N-ethyl adjacent to an activating group) is 1. The van der Waals surface area contributed by atoms with Crippen LogP contribution in [0.4, 0.5) is 0 Å². The lowest BCUT2D eigenvalue weighted by Gasteiger charge is -2.34. The highest BCUT2D eigenvalue weighted by molar-refractivity contribution is 7.86. The van der Waals surface area contributed by atoms with Crippen LogP contribution in [0.15, 0.2) is 0 Å². The molecule has 5 nitrogen and oxygen atoms in total. The number of aliphatic hydroxyl groups is 1. The minimum Gasteiger partial charge on any atom is -0.395 e. The van der Waals surface area contributed by atoms with Gasteiger partial charge >= 0.3 is 0 Å². The molecule has 1 saturated heterocycles. The lowest BCUT2D eigenvalue weighted by molar-refractivity contribution is 0.199. The van der Waals surface area contributed by atoms with E-state index in [1.54, 1.807) is 6.92 Å². The monoisotopic (exact) mass is 250 g/mol. The molecule has 1 atom stereocenters. The van der Waals surface area contributed by atoms with Gasteiger partial charge < -0.3 is 5.11 Å². The van der Waals surface area contributed by atoms with Gasteiger partial charge in [0.1, 0.15) is 0 Å². The third-order valence-electron chi connectivity index (χ3n) is 3.32. The molecule has 0 aromatic rings. The molecule has 0 radical (unpaired) electrons. The van der Waals surface area contributed by atoms with Crippen LogP contribution in [0.5, 0.6) is 0 Å². The molecule has 1 aliphatic heterocycles. The predicted octanol–water partition coefficient (Wildman–Crippen LogP) is 0.276. The molecule has 0 aromatic carbocycles. The third-order valence-corrected chi connectivity index (χ3v) is 5.42. The molecule has 1 N–H and O–H groups in total. The first kappa shape index (κ1) is 13.9. The summed E-state index contributed by atoms with van der Waals surface area (Å²) in [5.74, 6) is 0.604. The van der Waals surface area contributed by atoms with Gasteiger partial charge in [0.2, 0.25) is 0 Å². The standard InChI is InChI=1S/C10H22N2O3S/c1-9-4-6-12(7-5-9)16(14,15)11(3)10(2)8-13/h9-10,13H,4-8H2,1-3H3. The lowest BCUT2D eigenvalue weighted by Crippen LogP contribution is -2.49. The van der Waals surface area contributed by atoms with Crippen molar-refractivity contribution in [2.45, 2.75) is 32.7 Å². The molecule has 1 fully saturated rings. The van der Waals surface area contributed by atoms with Crippen molar-refractivity contribution < 1.29 is 13.5 Å². The van der Waals surface area contributed by atoms with E-state index in [1.165, 1.54) is 15.7 Å². The number of aliphatic hydroxyl groups excluding tert-OH is 1. The number of nitrogens with zero attached hydrogens (tertiary/aromatic N) is 2. The lowest BCUT2D eigenvalue weighted by atomic mass is 10.0. The van der Waals surface area contributed by atoms with E-state index in [1.807, 2.05) is 0 Å². The molecule has 1 heterocycles. The number of hydrogen-bond acceptors (Lipinski definition) is 3. The Kier molecular flexibility index (Phi) is 4.73. The second-order valence-electron chi connectivity index (χ2n) is 4.64. The Bertz CT molecular complexity index is 310. The van der Waals surface area contributed by atoms with Crippen LogP contribution < -0.4 is 0 Å². The summed E-state index contributed by atoms with van der Waals surface area (Å²) in [6, 6.07) is -0.371. The van der Waals surface area contributed by atoms with Gasteiger partial charge in [0.15, 0.2) is 0 Å². The first-order valence-corrected chi connectivity index (χ1v) is 7.13. The van der Waals surface area contributed by atoms with Crippen LogP contribution in [-0.2, 0) is 10.2 Å².